The Morgan fingerprint density at radius 2 is 1.04 bits per heavy atom. The van der Waals surface area contributed by atoms with Crippen LogP contribution in [0.5, 0.6) is 5.75 Å². The number of aliphatic carboxylic acids is 1. The number of phenols is 1. The van der Waals surface area contributed by atoms with Crippen molar-refractivity contribution in [1.29, 1.82) is 0 Å². The van der Waals surface area contributed by atoms with Gasteiger partial charge < -0.3 is 37.2 Å². The van der Waals surface area contributed by atoms with Crippen LogP contribution in [0.25, 0.3) is 0 Å². The Balaban J connectivity index is 2.19. The number of nitrogens with two attached hydrogens (primary N) is 1. The number of carbonyl (C=O) groups is 5. The zero-order valence-corrected chi connectivity index (χ0v) is 26.7. The number of benzene rings is 2. The maximum absolute atomic E-state index is 13.6. The molecular formula is C33H47N5O7. The maximum Gasteiger partial charge on any atom is 0.326 e. The second-order valence-electron chi connectivity index (χ2n) is 12.3. The smallest absolute Gasteiger partial charge is 0.326 e. The van der Waals surface area contributed by atoms with Crippen molar-refractivity contribution in [2.75, 3.05) is 0 Å². The van der Waals surface area contributed by atoms with Crippen LogP contribution in [0.4, 0.5) is 0 Å². The molecule has 0 saturated carbocycles. The van der Waals surface area contributed by atoms with Crippen LogP contribution in [0.15, 0.2) is 54.6 Å². The van der Waals surface area contributed by atoms with E-state index in [9.17, 15) is 34.2 Å². The van der Waals surface area contributed by atoms with E-state index in [-0.39, 0.29) is 24.5 Å². The molecule has 12 heteroatoms. The summed E-state index contributed by atoms with van der Waals surface area (Å²) >= 11 is 0. The van der Waals surface area contributed by atoms with Crippen LogP contribution in [0.2, 0.25) is 0 Å². The number of carbonyl (C=O) groups excluding carboxylic acids is 4. The average Bonchev–Trinajstić information content (AvgIpc) is 2.97. The Kier molecular flexibility index (Phi) is 14.0. The molecule has 0 spiro atoms. The molecule has 0 aliphatic rings. The second kappa shape index (κ2) is 17.1. The van der Waals surface area contributed by atoms with Gasteiger partial charge in [-0.05, 0) is 47.4 Å². The Morgan fingerprint density at radius 3 is 1.53 bits per heavy atom. The molecule has 0 saturated heterocycles. The molecule has 2 aromatic rings. The van der Waals surface area contributed by atoms with Gasteiger partial charge in [0.1, 0.15) is 29.9 Å². The first-order valence-electron chi connectivity index (χ1n) is 15.1. The summed E-state index contributed by atoms with van der Waals surface area (Å²) in [5, 5.41) is 29.7. The lowest BCUT2D eigenvalue weighted by Crippen LogP contribution is -2.61. The number of aromatic hydroxyl groups is 1. The second-order valence-corrected chi connectivity index (χ2v) is 12.3. The number of rotatable bonds is 16. The summed E-state index contributed by atoms with van der Waals surface area (Å²) in [4.78, 5) is 65.0. The van der Waals surface area contributed by atoms with Crippen molar-refractivity contribution < 1.29 is 34.2 Å². The molecule has 0 radical (unpaired) electrons. The third-order valence-corrected chi connectivity index (χ3v) is 7.37. The van der Waals surface area contributed by atoms with Gasteiger partial charge in [-0.1, -0.05) is 84.0 Å². The topological polar surface area (TPSA) is 200 Å². The van der Waals surface area contributed by atoms with E-state index in [2.05, 4.69) is 21.3 Å². The number of hydrogen-bond donors (Lipinski definition) is 7. The molecule has 0 fully saturated rings. The van der Waals surface area contributed by atoms with Gasteiger partial charge in [-0.2, -0.15) is 0 Å². The van der Waals surface area contributed by atoms with Crippen LogP contribution in [-0.2, 0) is 36.8 Å². The third kappa shape index (κ3) is 11.5. The Bertz CT molecular complexity index is 1300. The van der Waals surface area contributed by atoms with Crippen molar-refractivity contribution >= 4 is 29.6 Å². The normalized spacial score (nSPS) is 14.6. The van der Waals surface area contributed by atoms with Gasteiger partial charge in [0.2, 0.25) is 23.6 Å². The van der Waals surface area contributed by atoms with Gasteiger partial charge in [0.25, 0.3) is 0 Å². The first kappa shape index (κ1) is 36.7. The van der Waals surface area contributed by atoms with Crippen LogP contribution >= 0.6 is 0 Å². The van der Waals surface area contributed by atoms with Crippen LogP contribution in [0.3, 0.4) is 0 Å². The summed E-state index contributed by atoms with van der Waals surface area (Å²) < 4.78 is 0. The molecule has 2 aromatic carbocycles. The maximum atomic E-state index is 13.6. The van der Waals surface area contributed by atoms with Crippen molar-refractivity contribution in [3.63, 3.8) is 0 Å². The lowest BCUT2D eigenvalue weighted by molar-refractivity contribution is -0.143. The van der Waals surface area contributed by atoms with Gasteiger partial charge in [-0.25, -0.2) is 4.79 Å². The molecule has 5 atom stereocenters. The predicted molar refractivity (Wildman–Crippen MR) is 170 cm³/mol. The van der Waals surface area contributed by atoms with Crippen molar-refractivity contribution in [3.8, 4) is 5.75 Å². The zero-order valence-electron chi connectivity index (χ0n) is 26.7. The molecule has 0 bridgehead atoms. The number of nitrogens with one attached hydrogen (secondary N) is 4. The summed E-state index contributed by atoms with van der Waals surface area (Å²) in [6.07, 6.45) is 0.269. The van der Waals surface area contributed by atoms with Crippen LogP contribution in [-0.4, -0.2) is 70.0 Å². The number of carboxylic acid groups (broad SMARTS) is 1. The first-order chi connectivity index (χ1) is 21.1. The standard InChI is InChI=1S/C33H47N5O7/c1-18(2)26(37-32(43)27(19(3)4)36-29(40)24(34)16-22-12-14-23(39)15-13-22)31(42)35-25(17-21-10-8-7-9-11-21)30(41)38-28(20(5)6)33(44)45/h7-15,18-20,24-28,39H,16-17,34H2,1-6H3,(H,35,42)(H,36,40)(H,37,43)(H,38,41)(H,44,45)/t24-,25-,26-,27-,28-/m0/s1. The van der Waals surface area contributed by atoms with E-state index < -0.39 is 71.6 Å². The molecule has 45 heavy (non-hydrogen) atoms. The number of carboxylic acids is 1. The quantitative estimate of drug-likeness (QED) is 0.145. The Labute approximate surface area is 264 Å². The SMILES string of the molecule is CC(C)[C@H](NC(=O)[C@H](Cc1ccccc1)NC(=O)[C@@H](NC(=O)[C@@H](NC(=O)[C@@H](N)Cc1ccc(O)cc1)C(C)C)C(C)C)C(=O)O. The Morgan fingerprint density at radius 1 is 0.600 bits per heavy atom. The van der Waals surface area contributed by atoms with Crippen molar-refractivity contribution in [2.45, 2.75) is 84.6 Å². The number of hydrogen-bond acceptors (Lipinski definition) is 7. The lowest BCUT2D eigenvalue weighted by Gasteiger charge is -2.29. The number of phenolic OH excluding ortho intramolecular Hbond substituents is 1. The molecule has 0 unspecified atom stereocenters. The average molecular weight is 626 g/mol. The highest BCUT2D eigenvalue weighted by Gasteiger charge is 2.34. The third-order valence-electron chi connectivity index (χ3n) is 7.37. The van der Waals surface area contributed by atoms with Gasteiger partial charge >= 0.3 is 5.97 Å². The first-order valence-corrected chi connectivity index (χ1v) is 15.1. The molecule has 4 amide bonds. The fraction of sp³-hybridized carbons (Fsp3) is 0.485. The van der Waals surface area contributed by atoms with Crippen LogP contribution < -0.4 is 27.0 Å². The highest BCUT2D eigenvalue weighted by atomic mass is 16.4. The fourth-order valence-electron chi connectivity index (χ4n) is 4.64. The largest absolute Gasteiger partial charge is 0.508 e. The summed E-state index contributed by atoms with van der Waals surface area (Å²) in [5.74, 6) is -4.73. The minimum atomic E-state index is -1.19. The monoisotopic (exact) mass is 625 g/mol. The summed E-state index contributed by atoms with van der Waals surface area (Å²) in [6.45, 7) is 10.3. The molecule has 0 aliphatic carbocycles. The minimum absolute atomic E-state index is 0.0871. The van der Waals surface area contributed by atoms with E-state index in [4.69, 9.17) is 5.73 Å². The molecule has 2 rings (SSSR count). The predicted octanol–water partition coefficient (Wildman–Crippen LogP) is 1.50. The van der Waals surface area contributed by atoms with E-state index in [1.807, 2.05) is 6.07 Å². The van der Waals surface area contributed by atoms with Crippen LogP contribution in [0.1, 0.15) is 52.7 Å². The van der Waals surface area contributed by atoms with E-state index in [0.717, 1.165) is 11.1 Å². The van der Waals surface area contributed by atoms with Crippen molar-refractivity contribution in [1.82, 2.24) is 21.3 Å². The van der Waals surface area contributed by atoms with Crippen molar-refractivity contribution in [3.05, 3.63) is 65.7 Å². The summed E-state index contributed by atoms with van der Waals surface area (Å²) in [5.41, 5.74) is 7.58. The molecule has 0 aromatic heterocycles. The van der Waals surface area contributed by atoms with E-state index >= 15 is 0 Å². The highest BCUT2D eigenvalue weighted by molar-refractivity contribution is 5.95. The Hall–Kier alpha value is -4.45. The van der Waals surface area contributed by atoms with Crippen LogP contribution in [0, 0.1) is 17.8 Å². The van der Waals surface area contributed by atoms with Gasteiger partial charge in [-0.3, -0.25) is 19.2 Å². The molecule has 12 nitrogen and oxygen atoms in total. The van der Waals surface area contributed by atoms with E-state index in [0.29, 0.717) is 0 Å². The van der Waals surface area contributed by atoms with E-state index in [1.54, 1.807) is 77.9 Å². The van der Waals surface area contributed by atoms with E-state index in [1.165, 1.54) is 12.1 Å². The molecule has 0 heterocycles. The lowest BCUT2D eigenvalue weighted by atomic mass is 9.98. The van der Waals surface area contributed by atoms with Gasteiger partial charge in [0.15, 0.2) is 0 Å². The van der Waals surface area contributed by atoms with Gasteiger partial charge in [-0.15, -0.1) is 0 Å². The number of amides is 4. The minimum Gasteiger partial charge on any atom is -0.508 e. The highest BCUT2D eigenvalue weighted by Crippen LogP contribution is 2.13. The summed E-state index contributed by atoms with van der Waals surface area (Å²) in [6, 6.07) is 9.89. The molecule has 0 aliphatic heterocycles. The zero-order chi connectivity index (χ0) is 33.8. The molecule has 8 N–H and O–H groups in total. The van der Waals surface area contributed by atoms with Gasteiger partial charge in [0.05, 0.1) is 6.04 Å². The van der Waals surface area contributed by atoms with Crippen molar-refractivity contribution in [2.24, 2.45) is 23.5 Å². The summed E-state index contributed by atoms with van der Waals surface area (Å²) in [7, 11) is 0. The van der Waals surface area contributed by atoms with Gasteiger partial charge in [0, 0.05) is 6.42 Å². The molecule has 246 valence electrons. The fourth-order valence-corrected chi connectivity index (χ4v) is 4.64. The molecular weight excluding hydrogens is 578 g/mol.